The summed E-state index contributed by atoms with van der Waals surface area (Å²) in [7, 11) is 0. The minimum absolute atomic E-state index is 0.0537. The topological polar surface area (TPSA) is 69.3 Å². The lowest BCUT2D eigenvalue weighted by molar-refractivity contribution is -0.150. The summed E-state index contributed by atoms with van der Waals surface area (Å²) in [6.07, 6.45) is 10.5. The van der Waals surface area contributed by atoms with Gasteiger partial charge in [-0.1, -0.05) is 0 Å². The summed E-state index contributed by atoms with van der Waals surface area (Å²) >= 11 is 0. The Balaban J connectivity index is 1.42. The summed E-state index contributed by atoms with van der Waals surface area (Å²) in [4.78, 5) is 36.6. The van der Waals surface area contributed by atoms with Gasteiger partial charge in [-0.05, 0) is 49.4 Å². The van der Waals surface area contributed by atoms with Gasteiger partial charge in [-0.2, -0.15) is 0 Å². The molecular weight excluding hydrogens is 328 g/mol. The van der Waals surface area contributed by atoms with Crippen LogP contribution in [0, 0.1) is 5.41 Å². The van der Waals surface area contributed by atoms with Gasteiger partial charge >= 0.3 is 0 Å². The van der Waals surface area contributed by atoms with E-state index in [-0.39, 0.29) is 17.2 Å². The van der Waals surface area contributed by atoms with Crippen molar-refractivity contribution in [2.75, 3.05) is 19.6 Å². The average Bonchev–Trinajstić information content (AvgIpc) is 3.21. The van der Waals surface area contributed by atoms with Crippen molar-refractivity contribution < 1.29 is 9.59 Å². The highest BCUT2D eigenvalue weighted by Crippen LogP contribution is 2.41. The van der Waals surface area contributed by atoms with Gasteiger partial charge in [-0.3, -0.25) is 14.6 Å². The molecule has 26 heavy (non-hydrogen) atoms. The van der Waals surface area contributed by atoms with Crippen LogP contribution < -0.4 is 0 Å². The molecule has 4 rings (SSSR count). The van der Waals surface area contributed by atoms with E-state index in [9.17, 15) is 9.59 Å². The molecule has 4 heterocycles. The normalized spacial score (nSPS) is 19.8. The minimum atomic E-state index is -0.291. The first-order valence-electron chi connectivity index (χ1n) is 9.28. The van der Waals surface area contributed by atoms with Crippen molar-refractivity contribution in [3.63, 3.8) is 0 Å². The van der Waals surface area contributed by atoms with E-state index in [0.717, 1.165) is 37.8 Å². The molecule has 2 aliphatic rings. The quantitative estimate of drug-likeness (QED) is 0.922. The van der Waals surface area contributed by atoms with E-state index >= 15 is 0 Å². The highest BCUT2D eigenvalue weighted by Gasteiger charge is 2.46. The molecule has 2 aromatic heterocycles. The Morgan fingerprint density at radius 3 is 2.58 bits per heavy atom. The number of rotatable bonds is 3. The van der Waals surface area contributed by atoms with Crippen molar-refractivity contribution in [2.45, 2.75) is 32.2 Å². The third-order valence-electron chi connectivity index (χ3n) is 5.80. The van der Waals surface area contributed by atoms with Crippen LogP contribution in [0.3, 0.4) is 0 Å². The number of piperidine rings is 2. The number of aromatic nitrogens is 2. The van der Waals surface area contributed by atoms with Gasteiger partial charge in [0.1, 0.15) is 0 Å². The van der Waals surface area contributed by atoms with Crippen LogP contribution in [0.5, 0.6) is 0 Å². The highest BCUT2D eigenvalue weighted by atomic mass is 16.2. The zero-order valence-corrected chi connectivity index (χ0v) is 14.9. The number of amides is 2. The molecule has 6 heteroatoms. The highest BCUT2D eigenvalue weighted by molar-refractivity contribution is 5.94. The molecule has 0 aromatic carbocycles. The Kier molecular flexibility index (Phi) is 4.49. The number of likely N-dealkylation sites (tertiary alicyclic amines) is 2. The van der Waals surface area contributed by atoms with Crippen LogP contribution in [-0.4, -0.2) is 51.2 Å². The van der Waals surface area contributed by atoms with E-state index < -0.39 is 0 Å². The number of nitrogens with one attached hydrogen (secondary N) is 1. The van der Waals surface area contributed by atoms with Crippen molar-refractivity contribution in [2.24, 2.45) is 5.41 Å². The summed E-state index contributed by atoms with van der Waals surface area (Å²) in [5.41, 5.74) is 1.51. The Morgan fingerprint density at radius 1 is 1.12 bits per heavy atom. The largest absolute Gasteiger partial charge is 0.367 e. The number of pyridine rings is 1. The number of nitrogens with zero attached hydrogens (tertiary/aromatic N) is 3. The van der Waals surface area contributed by atoms with Crippen LogP contribution in [-0.2, 0) is 11.3 Å². The summed E-state index contributed by atoms with van der Waals surface area (Å²) < 4.78 is 0. The van der Waals surface area contributed by atoms with Crippen LogP contribution in [0.4, 0.5) is 0 Å². The molecule has 2 amide bonds. The van der Waals surface area contributed by atoms with Gasteiger partial charge < -0.3 is 14.8 Å². The van der Waals surface area contributed by atoms with Gasteiger partial charge in [0.2, 0.25) is 5.91 Å². The van der Waals surface area contributed by atoms with Gasteiger partial charge in [0.05, 0.1) is 11.0 Å². The lowest BCUT2D eigenvalue weighted by atomic mass is 9.71. The molecule has 0 bridgehead atoms. The molecule has 0 unspecified atom stereocenters. The first kappa shape index (κ1) is 16.8. The monoisotopic (exact) mass is 352 g/mol. The molecule has 2 aromatic rings. The van der Waals surface area contributed by atoms with Gasteiger partial charge in [0, 0.05) is 51.0 Å². The molecule has 2 saturated heterocycles. The number of hydrogen-bond acceptors (Lipinski definition) is 3. The smallest absolute Gasteiger partial charge is 0.255 e. The standard InChI is InChI=1S/C20H24N4O2/c25-18(17-4-10-22-14-17)23-12-6-20(7-13-23)5-1-11-24(19(20)26)15-16-2-8-21-9-3-16/h2-4,8-10,14,22H,1,5-7,11-13,15H2. The van der Waals surface area contributed by atoms with E-state index in [1.807, 2.05) is 21.9 Å². The third-order valence-corrected chi connectivity index (χ3v) is 5.80. The first-order valence-corrected chi connectivity index (χ1v) is 9.28. The van der Waals surface area contributed by atoms with Crippen molar-refractivity contribution in [3.05, 3.63) is 54.1 Å². The first-order chi connectivity index (χ1) is 12.7. The van der Waals surface area contributed by atoms with E-state index in [1.165, 1.54) is 0 Å². The Bertz CT molecular complexity index is 764. The number of carbonyl (C=O) groups excluding carboxylic acids is 2. The lowest BCUT2D eigenvalue weighted by Gasteiger charge is -2.46. The molecule has 1 N–H and O–H groups in total. The second-order valence-electron chi connectivity index (χ2n) is 7.36. The summed E-state index contributed by atoms with van der Waals surface area (Å²) in [5.74, 6) is 0.312. The molecule has 0 saturated carbocycles. The number of hydrogen-bond donors (Lipinski definition) is 1. The molecule has 0 radical (unpaired) electrons. The fourth-order valence-electron chi connectivity index (χ4n) is 4.25. The van der Waals surface area contributed by atoms with Crippen LogP contribution in [0.15, 0.2) is 43.0 Å². The van der Waals surface area contributed by atoms with Gasteiger partial charge in [-0.15, -0.1) is 0 Å². The van der Waals surface area contributed by atoms with Gasteiger partial charge in [-0.25, -0.2) is 0 Å². The van der Waals surface area contributed by atoms with Crippen LogP contribution in [0.1, 0.15) is 41.6 Å². The summed E-state index contributed by atoms with van der Waals surface area (Å²) in [6, 6.07) is 5.73. The number of aromatic amines is 1. The van der Waals surface area contributed by atoms with Crippen molar-refractivity contribution >= 4 is 11.8 Å². The van der Waals surface area contributed by atoms with E-state index in [2.05, 4.69) is 9.97 Å². The third kappa shape index (κ3) is 3.11. The molecule has 6 nitrogen and oxygen atoms in total. The maximum Gasteiger partial charge on any atom is 0.255 e. The van der Waals surface area contributed by atoms with E-state index in [4.69, 9.17) is 0 Å². The number of carbonyl (C=O) groups is 2. The minimum Gasteiger partial charge on any atom is -0.367 e. The molecule has 136 valence electrons. The lowest BCUT2D eigenvalue weighted by Crippen LogP contribution is -2.54. The Hall–Kier alpha value is -2.63. The van der Waals surface area contributed by atoms with Gasteiger partial charge in [0.15, 0.2) is 0 Å². The van der Waals surface area contributed by atoms with Crippen LogP contribution in [0.2, 0.25) is 0 Å². The van der Waals surface area contributed by atoms with Crippen LogP contribution in [0.25, 0.3) is 0 Å². The molecule has 2 aliphatic heterocycles. The molecule has 0 atom stereocenters. The Morgan fingerprint density at radius 2 is 1.88 bits per heavy atom. The maximum atomic E-state index is 13.2. The maximum absolute atomic E-state index is 13.2. The molecule has 0 aliphatic carbocycles. The molecule has 2 fully saturated rings. The fraction of sp³-hybridized carbons (Fsp3) is 0.450. The Labute approximate surface area is 153 Å². The predicted molar refractivity (Wildman–Crippen MR) is 97.3 cm³/mol. The predicted octanol–water partition coefficient (Wildman–Crippen LogP) is 2.45. The van der Waals surface area contributed by atoms with Crippen LogP contribution >= 0.6 is 0 Å². The average molecular weight is 352 g/mol. The molecular formula is C20H24N4O2. The zero-order valence-electron chi connectivity index (χ0n) is 14.9. The number of H-pyrrole nitrogens is 1. The fourth-order valence-corrected chi connectivity index (χ4v) is 4.25. The van der Waals surface area contributed by atoms with E-state index in [1.54, 1.807) is 30.9 Å². The van der Waals surface area contributed by atoms with Crippen molar-refractivity contribution in [1.82, 2.24) is 19.8 Å². The van der Waals surface area contributed by atoms with Gasteiger partial charge in [0.25, 0.3) is 5.91 Å². The van der Waals surface area contributed by atoms with Crippen molar-refractivity contribution in [1.29, 1.82) is 0 Å². The summed E-state index contributed by atoms with van der Waals surface area (Å²) in [5, 5.41) is 0. The van der Waals surface area contributed by atoms with E-state index in [0.29, 0.717) is 25.2 Å². The zero-order chi connectivity index (χ0) is 18.0. The molecule has 1 spiro atoms. The van der Waals surface area contributed by atoms with Crippen molar-refractivity contribution in [3.8, 4) is 0 Å². The SMILES string of the molecule is O=C(c1cc[nH]c1)N1CCC2(CCCN(Cc3ccncc3)C2=O)CC1. The summed E-state index contributed by atoms with van der Waals surface area (Å²) in [6.45, 7) is 2.77. The second kappa shape index (κ2) is 6.94. The second-order valence-corrected chi connectivity index (χ2v) is 7.36.